The molecule has 176 valence electrons. The molecular weight excluding hydrogens is 432 g/mol. The maximum absolute atomic E-state index is 13.2. The Bertz CT molecular complexity index is 1130. The predicted molar refractivity (Wildman–Crippen MR) is 124 cm³/mol. The Morgan fingerprint density at radius 1 is 1.00 bits per heavy atom. The van der Waals surface area contributed by atoms with Crippen molar-refractivity contribution in [1.29, 1.82) is 0 Å². The summed E-state index contributed by atoms with van der Waals surface area (Å²) in [4.78, 5) is 38.7. The Balaban J connectivity index is 1.07. The van der Waals surface area contributed by atoms with E-state index in [9.17, 15) is 19.5 Å². The second kappa shape index (κ2) is 7.86. The van der Waals surface area contributed by atoms with Gasteiger partial charge in [-0.15, -0.1) is 0 Å². The molecule has 0 bridgehead atoms. The molecule has 7 heteroatoms. The van der Waals surface area contributed by atoms with Gasteiger partial charge in [-0.2, -0.15) is 0 Å². The Labute approximate surface area is 198 Å². The first-order valence-electron chi connectivity index (χ1n) is 12.1. The van der Waals surface area contributed by atoms with Gasteiger partial charge in [0.1, 0.15) is 13.2 Å². The highest BCUT2D eigenvalue weighted by atomic mass is 16.5. The molecule has 0 unspecified atom stereocenters. The number of alkyl carbamates (subject to hydrolysis) is 1. The van der Waals surface area contributed by atoms with Crippen LogP contribution in [0.25, 0.3) is 11.1 Å². The Hall–Kier alpha value is -3.35. The van der Waals surface area contributed by atoms with Gasteiger partial charge >= 0.3 is 12.1 Å². The van der Waals surface area contributed by atoms with Gasteiger partial charge in [0, 0.05) is 18.0 Å². The maximum Gasteiger partial charge on any atom is 0.407 e. The monoisotopic (exact) mass is 460 g/mol. The number of carboxylic acids is 1. The van der Waals surface area contributed by atoms with E-state index in [0.29, 0.717) is 6.42 Å². The molecule has 2 aromatic carbocycles. The number of rotatable bonds is 7. The van der Waals surface area contributed by atoms with Crippen molar-refractivity contribution >= 4 is 18.0 Å². The number of nitrogens with one attached hydrogen (secondary N) is 1. The molecule has 0 radical (unpaired) electrons. The topological polar surface area (TPSA) is 95.9 Å². The Morgan fingerprint density at radius 3 is 2.26 bits per heavy atom. The molecule has 0 spiro atoms. The molecule has 2 aromatic rings. The summed E-state index contributed by atoms with van der Waals surface area (Å²) < 4.78 is 5.67. The van der Waals surface area contributed by atoms with E-state index in [4.69, 9.17) is 4.74 Å². The van der Waals surface area contributed by atoms with Gasteiger partial charge in [-0.25, -0.2) is 4.79 Å². The zero-order valence-corrected chi connectivity index (χ0v) is 18.9. The van der Waals surface area contributed by atoms with Crippen molar-refractivity contribution in [2.75, 3.05) is 13.2 Å². The van der Waals surface area contributed by atoms with E-state index in [1.807, 2.05) is 24.3 Å². The molecule has 4 aliphatic carbocycles. The van der Waals surface area contributed by atoms with E-state index in [2.05, 4.69) is 29.6 Å². The molecule has 0 heterocycles. The number of carbonyl (C=O) groups is 3. The second-order valence-electron chi connectivity index (χ2n) is 10.2. The molecule has 34 heavy (non-hydrogen) atoms. The molecule has 0 aliphatic heterocycles. The number of nitrogens with zero attached hydrogens (tertiary/aromatic N) is 1. The fourth-order valence-corrected chi connectivity index (χ4v) is 6.26. The standard InChI is InChI=1S/C27H28N2O5/c30-24(31)14-29(18-9-10-18)25(32)27-12-16(27)11-17(13-27)28-26(33)34-15-23-21-7-3-1-5-19(21)20-6-2-4-8-22(20)23/h1-8,16-18,23H,9-15H2,(H,28,33)(H,30,31)/t16-,17+,27+/m1/s1. The normalized spacial score (nSPS) is 26.2. The lowest BCUT2D eigenvalue weighted by molar-refractivity contribution is -0.147. The third kappa shape index (κ3) is 3.54. The number of amides is 2. The van der Waals surface area contributed by atoms with Gasteiger partial charge in [-0.3, -0.25) is 9.59 Å². The van der Waals surface area contributed by atoms with Crippen molar-refractivity contribution in [1.82, 2.24) is 10.2 Å². The number of aliphatic carboxylic acids is 1. The van der Waals surface area contributed by atoms with Crippen LogP contribution in [0.15, 0.2) is 48.5 Å². The number of ether oxygens (including phenoxy) is 1. The van der Waals surface area contributed by atoms with E-state index in [0.717, 1.165) is 25.7 Å². The van der Waals surface area contributed by atoms with Crippen LogP contribution < -0.4 is 5.32 Å². The van der Waals surface area contributed by atoms with Gasteiger partial charge in [-0.1, -0.05) is 48.5 Å². The number of hydrogen-bond donors (Lipinski definition) is 2. The van der Waals surface area contributed by atoms with Crippen LogP contribution in [0.1, 0.15) is 49.1 Å². The van der Waals surface area contributed by atoms with Crippen molar-refractivity contribution in [2.24, 2.45) is 11.3 Å². The quantitative estimate of drug-likeness (QED) is 0.656. The average molecular weight is 461 g/mol. The van der Waals surface area contributed by atoms with Crippen LogP contribution in [0.5, 0.6) is 0 Å². The minimum Gasteiger partial charge on any atom is -0.480 e. The summed E-state index contributed by atoms with van der Waals surface area (Å²) in [6.45, 7) is 0.0244. The van der Waals surface area contributed by atoms with Crippen LogP contribution in [-0.4, -0.2) is 53.2 Å². The lowest BCUT2D eigenvalue weighted by atomic mass is 9.98. The molecule has 6 rings (SSSR count). The molecule has 0 aromatic heterocycles. The summed E-state index contributed by atoms with van der Waals surface area (Å²) in [5.41, 5.74) is 4.21. The third-order valence-electron chi connectivity index (χ3n) is 8.06. The van der Waals surface area contributed by atoms with Gasteiger partial charge in [0.2, 0.25) is 5.91 Å². The van der Waals surface area contributed by atoms with Crippen LogP contribution in [0.2, 0.25) is 0 Å². The number of hydrogen-bond acceptors (Lipinski definition) is 4. The second-order valence-corrected chi connectivity index (χ2v) is 10.2. The lowest BCUT2D eigenvalue weighted by Crippen LogP contribution is -2.43. The van der Waals surface area contributed by atoms with E-state index >= 15 is 0 Å². The van der Waals surface area contributed by atoms with E-state index in [-0.39, 0.29) is 43.0 Å². The number of carboxylic acid groups (broad SMARTS) is 1. The van der Waals surface area contributed by atoms with Gasteiger partial charge in [0.15, 0.2) is 0 Å². The van der Waals surface area contributed by atoms with Crippen molar-refractivity contribution in [2.45, 2.75) is 50.1 Å². The number of fused-ring (bicyclic) bond motifs is 4. The largest absolute Gasteiger partial charge is 0.480 e. The van der Waals surface area contributed by atoms with Gasteiger partial charge in [0.25, 0.3) is 0 Å². The smallest absolute Gasteiger partial charge is 0.407 e. The van der Waals surface area contributed by atoms with E-state index in [1.54, 1.807) is 4.90 Å². The van der Waals surface area contributed by atoms with Crippen LogP contribution in [0.3, 0.4) is 0 Å². The molecule has 4 aliphatic rings. The van der Waals surface area contributed by atoms with Gasteiger partial charge in [-0.05, 0) is 60.3 Å². The van der Waals surface area contributed by atoms with Crippen LogP contribution in [0.4, 0.5) is 4.79 Å². The Morgan fingerprint density at radius 2 is 1.65 bits per heavy atom. The summed E-state index contributed by atoms with van der Waals surface area (Å²) >= 11 is 0. The third-order valence-corrected chi connectivity index (χ3v) is 8.06. The van der Waals surface area contributed by atoms with Crippen molar-refractivity contribution in [3.05, 3.63) is 59.7 Å². The van der Waals surface area contributed by atoms with Gasteiger partial charge < -0.3 is 20.1 Å². The zero-order valence-electron chi connectivity index (χ0n) is 18.9. The fraction of sp³-hybridized carbons (Fsp3) is 0.444. The zero-order chi connectivity index (χ0) is 23.4. The average Bonchev–Trinajstić information content (AvgIpc) is 3.73. The van der Waals surface area contributed by atoms with Gasteiger partial charge in [0.05, 0.1) is 5.41 Å². The minimum absolute atomic E-state index is 0.00571. The highest BCUT2D eigenvalue weighted by molar-refractivity contribution is 5.90. The summed E-state index contributed by atoms with van der Waals surface area (Å²) in [5.74, 6) is -0.792. The maximum atomic E-state index is 13.2. The molecule has 3 saturated carbocycles. The lowest BCUT2D eigenvalue weighted by Gasteiger charge is -2.26. The number of benzene rings is 2. The molecular formula is C27H28N2O5. The van der Waals surface area contributed by atoms with Crippen LogP contribution in [0, 0.1) is 11.3 Å². The minimum atomic E-state index is -0.972. The van der Waals surface area contributed by atoms with E-state index < -0.39 is 17.5 Å². The first-order chi connectivity index (χ1) is 16.5. The molecule has 3 fully saturated rings. The SMILES string of the molecule is O=C(O)CN(C(=O)[C@@]12C[C@@H](NC(=O)OCC3c4ccccc4-c4ccccc43)C[C@@H]1C2)C1CC1. The summed E-state index contributed by atoms with van der Waals surface area (Å²) in [7, 11) is 0. The summed E-state index contributed by atoms with van der Waals surface area (Å²) in [5, 5.41) is 12.2. The van der Waals surface area contributed by atoms with Crippen molar-refractivity contribution < 1.29 is 24.2 Å². The van der Waals surface area contributed by atoms with E-state index in [1.165, 1.54) is 22.3 Å². The number of carbonyl (C=O) groups excluding carboxylic acids is 2. The molecule has 7 nitrogen and oxygen atoms in total. The first-order valence-corrected chi connectivity index (χ1v) is 12.1. The Kier molecular flexibility index (Phi) is 4.90. The highest BCUT2D eigenvalue weighted by Gasteiger charge is 2.66. The molecule has 3 atom stereocenters. The fourth-order valence-electron chi connectivity index (χ4n) is 6.26. The summed E-state index contributed by atoms with van der Waals surface area (Å²) in [6, 6.07) is 16.4. The van der Waals surface area contributed by atoms with Crippen molar-refractivity contribution in [3.63, 3.8) is 0 Å². The van der Waals surface area contributed by atoms with Crippen LogP contribution in [-0.2, 0) is 14.3 Å². The van der Waals surface area contributed by atoms with Crippen molar-refractivity contribution in [3.8, 4) is 11.1 Å². The molecule has 2 amide bonds. The van der Waals surface area contributed by atoms with Crippen LogP contribution >= 0.6 is 0 Å². The summed E-state index contributed by atoms with van der Waals surface area (Å²) in [6.07, 6.45) is 3.38. The highest BCUT2D eigenvalue weighted by Crippen LogP contribution is 2.64. The first kappa shape index (κ1) is 21.2. The predicted octanol–water partition coefficient (Wildman–Crippen LogP) is 3.77. The molecule has 0 saturated heterocycles. The molecule has 2 N–H and O–H groups in total.